The highest BCUT2D eigenvalue weighted by molar-refractivity contribution is 7.95. The van der Waals surface area contributed by atoms with Gasteiger partial charge in [-0.2, -0.15) is 13.2 Å². The molecule has 0 spiro atoms. The van der Waals surface area contributed by atoms with Crippen LogP contribution in [0, 0.1) is 0 Å². The quantitative estimate of drug-likeness (QED) is 0.477. The van der Waals surface area contributed by atoms with Crippen LogP contribution in [0.1, 0.15) is 25.5 Å². The van der Waals surface area contributed by atoms with Crippen LogP contribution in [-0.4, -0.2) is 27.2 Å². The van der Waals surface area contributed by atoms with Gasteiger partial charge in [-0.15, -0.1) is 0 Å². The summed E-state index contributed by atoms with van der Waals surface area (Å²) in [6.45, 7) is 1.84. The van der Waals surface area contributed by atoms with Crippen LogP contribution < -0.4 is 0 Å². The van der Waals surface area contributed by atoms with E-state index in [1.54, 1.807) is 6.07 Å². The Morgan fingerprint density at radius 2 is 1.52 bits per heavy atom. The maximum absolute atomic E-state index is 13.8. The molecular weight excluding hydrogens is 409 g/mol. The second-order valence-corrected chi connectivity index (χ2v) is 7.76. The molecule has 0 amide bonds. The van der Waals surface area contributed by atoms with E-state index in [0.717, 1.165) is 19.1 Å². The summed E-state index contributed by atoms with van der Waals surface area (Å²) >= 11 is 0. The second-order valence-electron chi connectivity index (χ2n) is 5.84. The van der Waals surface area contributed by atoms with Crippen molar-refractivity contribution in [1.29, 1.82) is 0 Å². The van der Waals surface area contributed by atoms with Gasteiger partial charge in [-0.1, -0.05) is 48.5 Å². The molecule has 0 radical (unpaired) electrons. The third-order valence-electron chi connectivity index (χ3n) is 3.74. The Hall–Kier alpha value is -2.81. The van der Waals surface area contributed by atoms with Crippen LogP contribution in [0.4, 0.5) is 13.2 Å². The molecule has 0 aliphatic carbocycles. The van der Waals surface area contributed by atoms with E-state index in [1.807, 2.05) is 0 Å². The third kappa shape index (κ3) is 5.38. The zero-order valence-corrected chi connectivity index (χ0v) is 16.5. The first kappa shape index (κ1) is 22.5. The Labute approximate surface area is 166 Å². The van der Waals surface area contributed by atoms with Gasteiger partial charge in [0.15, 0.2) is 6.10 Å². The summed E-state index contributed by atoms with van der Waals surface area (Å²) in [5, 5.41) is 0. The Morgan fingerprint density at radius 1 is 1.00 bits per heavy atom. The van der Waals surface area contributed by atoms with E-state index in [9.17, 15) is 26.4 Å². The average Bonchev–Trinajstić information content (AvgIpc) is 2.67. The smallest absolute Gasteiger partial charge is 0.450 e. The number of esters is 1. The summed E-state index contributed by atoms with van der Waals surface area (Å²) in [6, 6.07) is 13.9. The number of carbonyl (C=O) groups excluding carboxylic acids is 1. The van der Waals surface area contributed by atoms with Gasteiger partial charge in [0.25, 0.3) is 0 Å². The molecule has 29 heavy (non-hydrogen) atoms. The topological polar surface area (TPSA) is 69.7 Å². The standard InChI is InChI=1S/C20H19F3O5S/c1-3-27-19(20(21,22)23)18(29(25,26)16-12-8-5-9-13-16)17(28-14(2)24)15-10-6-4-7-11-15/h4-13,17H,3H2,1-2H3/b19-18+. The van der Waals surface area contributed by atoms with Gasteiger partial charge in [0.2, 0.25) is 15.6 Å². The molecule has 0 N–H and O–H groups in total. The van der Waals surface area contributed by atoms with Gasteiger partial charge in [-0.25, -0.2) is 8.42 Å². The van der Waals surface area contributed by atoms with Gasteiger partial charge in [0.05, 0.1) is 11.5 Å². The van der Waals surface area contributed by atoms with E-state index in [0.29, 0.717) is 0 Å². The van der Waals surface area contributed by atoms with Crippen molar-refractivity contribution >= 4 is 15.8 Å². The Balaban J connectivity index is 2.90. The molecule has 0 fully saturated rings. The molecule has 1 atom stereocenters. The van der Waals surface area contributed by atoms with Crippen molar-refractivity contribution in [1.82, 2.24) is 0 Å². The molecule has 0 saturated heterocycles. The van der Waals surface area contributed by atoms with E-state index in [2.05, 4.69) is 0 Å². The number of halogens is 3. The lowest BCUT2D eigenvalue weighted by Gasteiger charge is -2.25. The lowest BCUT2D eigenvalue weighted by molar-refractivity contribution is -0.147. The van der Waals surface area contributed by atoms with Gasteiger partial charge >= 0.3 is 12.1 Å². The molecule has 0 heterocycles. The van der Waals surface area contributed by atoms with Gasteiger partial charge in [-0.3, -0.25) is 4.79 Å². The number of hydrogen-bond donors (Lipinski definition) is 0. The minimum atomic E-state index is -5.14. The summed E-state index contributed by atoms with van der Waals surface area (Å²) < 4.78 is 77.8. The first-order chi connectivity index (χ1) is 13.6. The molecule has 5 nitrogen and oxygen atoms in total. The number of allylic oxidation sites excluding steroid dienone is 1. The number of ether oxygens (including phenoxy) is 2. The number of rotatable bonds is 7. The highest BCUT2D eigenvalue weighted by Crippen LogP contribution is 2.41. The lowest BCUT2D eigenvalue weighted by atomic mass is 10.1. The summed E-state index contributed by atoms with van der Waals surface area (Å²) in [4.78, 5) is 10.1. The lowest BCUT2D eigenvalue weighted by Crippen LogP contribution is -2.26. The zero-order chi connectivity index (χ0) is 21.7. The number of sulfone groups is 1. The van der Waals surface area contributed by atoms with Crippen LogP contribution in [0.3, 0.4) is 0 Å². The van der Waals surface area contributed by atoms with Gasteiger partial charge < -0.3 is 9.47 Å². The van der Waals surface area contributed by atoms with Crippen LogP contribution in [-0.2, 0) is 24.1 Å². The van der Waals surface area contributed by atoms with E-state index >= 15 is 0 Å². The van der Waals surface area contributed by atoms with E-state index in [-0.39, 0.29) is 10.5 Å². The monoisotopic (exact) mass is 428 g/mol. The normalized spacial score (nSPS) is 14.0. The highest BCUT2D eigenvalue weighted by atomic mass is 32.2. The first-order valence-corrected chi connectivity index (χ1v) is 10.0. The van der Waals surface area contributed by atoms with Crippen molar-refractivity contribution in [2.45, 2.75) is 31.0 Å². The second kappa shape index (κ2) is 9.13. The molecule has 2 rings (SSSR count). The van der Waals surface area contributed by atoms with Gasteiger partial charge in [0.1, 0.15) is 4.91 Å². The minimum absolute atomic E-state index is 0.0543. The Kier molecular flexibility index (Phi) is 7.07. The summed E-state index contributed by atoms with van der Waals surface area (Å²) in [5.74, 6) is -2.67. The fourth-order valence-electron chi connectivity index (χ4n) is 2.61. The summed E-state index contributed by atoms with van der Waals surface area (Å²) in [5.41, 5.74) is 0.0543. The molecule has 0 aromatic heterocycles. The molecule has 2 aromatic carbocycles. The SMILES string of the molecule is CCO/C(=C(\C(OC(C)=O)c1ccccc1)S(=O)(=O)c1ccccc1)C(F)(F)F. The molecule has 0 bridgehead atoms. The fraction of sp³-hybridized carbons (Fsp3) is 0.250. The van der Waals surface area contributed by atoms with Crippen LogP contribution in [0.2, 0.25) is 0 Å². The molecular formula is C20H19F3O5S. The Bertz CT molecular complexity index is 968. The molecule has 0 aliphatic heterocycles. The largest absolute Gasteiger partial charge is 0.488 e. The summed E-state index contributed by atoms with van der Waals surface area (Å²) in [7, 11) is -4.74. The number of alkyl halides is 3. The number of benzene rings is 2. The van der Waals surface area contributed by atoms with Gasteiger partial charge in [-0.05, 0) is 24.6 Å². The van der Waals surface area contributed by atoms with Crippen molar-refractivity contribution < 1.29 is 35.9 Å². The third-order valence-corrected chi connectivity index (χ3v) is 5.61. The van der Waals surface area contributed by atoms with Crippen molar-refractivity contribution in [2.75, 3.05) is 6.61 Å². The number of hydrogen-bond acceptors (Lipinski definition) is 5. The fourth-order valence-corrected chi connectivity index (χ4v) is 4.27. The molecule has 156 valence electrons. The Morgan fingerprint density at radius 3 is 1.97 bits per heavy atom. The van der Waals surface area contributed by atoms with Crippen molar-refractivity contribution in [3.8, 4) is 0 Å². The van der Waals surface area contributed by atoms with Crippen molar-refractivity contribution in [2.24, 2.45) is 0 Å². The number of carbonyl (C=O) groups is 1. The van der Waals surface area contributed by atoms with Crippen LogP contribution in [0.5, 0.6) is 0 Å². The maximum atomic E-state index is 13.8. The van der Waals surface area contributed by atoms with E-state index < -0.39 is 45.4 Å². The molecule has 0 aliphatic rings. The predicted molar refractivity (Wildman–Crippen MR) is 99.3 cm³/mol. The van der Waals surface area contributed by atoms with E-state index in [4.69, 9.17) is 9.47 Å². The van der Waals surface area contributed by atoms with Crippen molar-refractivity contribution in [3.63, 3.8) is 0 Å². The first-order valence-electron chi connectivity index (χ1n) is 8.55. The molecule has 2 aromatic rings. The highest BCUT2D eigenvalue weighted by Gasteiger charge is 2.46. The average molecular weight is 428 g/mol. The maximum Gasteiger partial charge on any atom is 0.450 e. The summed E-state index contributed by atoms with van der Waals surface area (Å²) in [6.07, 6.45) is -6.98. The zero-order valence-electron chi connectivity index (χ0n) is 15.6. The van der Waals surface area contributed by atoms with Gasteiger partial charge in [0, 0.05) is 6.92 Å². The van der Waals surface area contributed by atoms with Crippen LogP contribution in [0.25, 0.3) is 0 Å². The molecule has 9 heteroatoms. The van der Waals surface area contributed by atoms with Crippen LogP contribution >= 0.6 is 0 Å². The predicted octanol–water partition coefficient (Wildman–Crippen LogP) is 4.58. The minimum Gasteiger partial charge on any atom is -0.488 e. The van der Waals surface area contributed by atoms with Crippen molar-refractivity contribution in [3.05, 3.63) is 76.9 Å². The molecule has 1 unspecified atom stereocenters. The van der Waals surface area contributed by atoms with E-state index in [1.165, 1.54) is 49.4 Å². The van der Waals surface area contributed by atoms with Crippen LogP contribution in [0.15, 0.2) is 76.2 Å². The molecule has 0 saturated carbocycles.